The van der Waals surface area contributed by atoms with E-state index in [2.05, 4.69) is 0 Å². The zero-order valence-electron chi connectivity index (χ0n) is 17.1. The summed E-state index contributed by atoms with van der Waals surface area (Å²) in [6.07, 6.45) is 1.75. The Hall–Kier alpha value is -3.86. The van der Waals surface area contributed by atoms with Crippen molar-refractivity contribution in [2.45, 2.75) is 13.1 Å². The topological polar surface area (TPSA) is 55.8 Å². The maximum atomic E-state index is 12.9. The van der Waals surface area contributed by atoms with Gasteiger partial charge in [-0.15, -0.1) is 0 Å². The van der Waals surface area contributed by atoms with E-state index in [0.717, 1.165) is 22.4 Å². The van der Waals surface area contributed by atoms with Crippen molar-refractivity contribution in [3.05, 3.63) is 107 Å². The van der Waals surface area contributed by atoms with Crippen molar-refractivity contribution >= 4 is 18.0 Å². The van der Waals surface area contributed by atoms with Gasteiger partial charge < -0.3 is 14.4 Å². The van der Waals surface area contributed by atoms with Gasteiger partial charge in [-0.05, 0) is 23.3 Å². The van der Waals surface area contributed by atoms with Crippen molar-refractivity contribution in [3.8, 4) is 5.75 Å². The monoisotopic (exact) mass is 413 g/mol. The summed E-state index contributed by atoms with van der Waals surface area (Å²) < 4.78 is 10.9. The smallest absolute Gasteiger partial charge is 0.338 e. The first-order chi connectivity index (χ1) is 15.2. The summed E-state index contributed by atoms with van der Waals surface area (Å²) in [5.41, 5.74) is 3.24. The van der Waals surface area contributed by atoms with Gasteiger partial charge in [0.05, 0.1) is 5.57 Å². The lowest BCUT2D eigenvalue weighted by atomic mass is 10.1. The Kier molecular flexibility index (Phi) is 6.43. The van der Waals surface area contributed by atoms with Gasteiger partial charge in [0.1, 0.15) is 12.4 Å². The largest absolute Gasteiger partial charge is 0.488 e. The van der Waals surface area contributed by atoms with Crippen LogP contribution in [0, 0.1) is 0 Å². The third-order valence-corrected chi connectivity index (χ3v) is 5.01. The van der Waals surface area contributed by atoms with E-state index in [-0.39, 0.29) is 19.1 Å². The van der Waals surface area contributed by atoms with Crippen LogP contribution in [-0.2, 0) is 27.4 Å². The third kappa shape index (κ3) is 5.39. The van der Waals surface area contributed by atoms with Gasteiger partial charge in [-0.1, -0.05) is 78.9 Å². The fourth-order valence-electron chi connectivity index (χ4n) is 3.39. The molecular formula is C26H23NO4. The maximum Gasteiger partial charge on any atom is 0.338 e. The Bertz CT molecular complexity index is 1040. The van der Waals surface area contributed by atoms with E-state index in [0.29, 0.717) is 18.7 Å². The van der Waals surface area contributed by atoms with Gasteiger partial charge in [-0.25, -0.2) is 4.79 Å². The summed E-state index contributed by atoms with van der Waals surface area (Å²) in [5.74, 6) is -0.0620. The second-order valence-electron chi connectivity index (χ2n) is 7.29. The Labute approximate surface area is 181 Å². The second-order valence-corrected chi connectivity index (χ2v) is 7.29. The van der Waals surface area contributed by atoms with Crippen molar-refractivity contribution in [1.29, 1.82) is 0 Å². The van der Waals surface area contributed by atoms with E-state index < -0.39 is 5.97 Å². The first-order valence-corrected chi connectivity index (χ1v) is 10.1. The van der Waals surface area contributed by atoms with Crippen molar-refractivity contribution < 1.29 is 19.1 Å². The van der Waals surface area contributed by atoms with Gasteiger partial charge in [0.25, 0.3) is 5.91 Å². The van der Waals surface area contributed by atoms with E-state index in [1.54, 1.807) is 11.0 Å². The first-order valence-electron chi connectivity index (χ1n) is 10.1. The van der Waals surface area contributed by atoms with Crippen LogP contribution in [0.15, 0.2) is 90.5 Å². The SMILES string of the molecule is O=C(OCC(=O)N(Cc1ccccc1)Cc1ccccc1)C1=Cc2ccccc2OC1. The third-order valence-electron chi connectivity index (χ3n) is 5.01. The van der Waals surface area contributed by atoms with Crippen LogP contribution in [0.3, 0.4) is 0 Å². The number of carbonyl (C=O) groups excluding carboxylic acids is 2. The minimum atomic E-state index is -0.540. The fraction of sp³-hybridized carbons (Fsp3) is 0.154. The highest BCUT2D eigenvalue weighted by Gasteiger charge is 2.21. The molecule has 3 aromatic rings. The number of rotatable bonds is 7. The normalized spacial score (nSPS) is 12.2. The van der Waals surface area contributed by atoms with Crippen LogP contribution in [0.25, 0.3) is 6.08 Å². The van der Waals surface area contributed by atoms with Crippen LogP contribution in [0.2, 0.25) is 0 Å². The van der Waals surface area contributed by atoms with Crippen LogP contribution < -0.4 is 4.74 Å². The van der Waals surface area contributed by atoms with Gasteiger partial charge in [0.2, 0.25) is 0 Å². The highest BCUT2D eigenvalue weighted by Crippen LogP contribution is 2.26. The van der Waals surface area contributed by atoms with Crippen LogP contribution in [0.1, 0.15) is 16.7 Å². The van der Waals surface area contributed by atoms with Crippen molar-refractivity contribution in [3.63, 3.8) is 0 Å². The van der Waals surface area contributed by atoms with Crippen molar-refractivity contribution in [2.24, 2.45) is 0 Å². The Morgan fingerprint density at radius 2 is 1.39 bits per heavy atom. The van der Waals surface area contributed by atoms with E-state index in [4.69, 9.17) is 9.47 Å². The minimum Gasteiger partial charge on any atom is -0.488 e. The molecular weight excluding hydrogens is 390 g/mol. The molecule has 0 unspecified atom stereocenters. The number of ether oxygens (including phenoxy) is 2. The molecule has 5 nitrogen and oxygen atoms in total. The summed E-state index contributed by atoms with van der Waals surface area (Å²) in [6, 6.07) is 27.0. The average Bonchev–Trinajstić information content (AvgIpc) is 2.83. The quantitative estimate of drug-likeness (QED) is 0.544. The van der Waals surface area contributed by atoms with Crippen LogP contribution in [0.5, 0.6) is 5.75 Å². The Morgan fingerprint density at radius 3 is 2.03 bits per heavy atom. The van der Waals surface area contributed by atoms with Gasteiger partial charge in [0.15, 0.2) is 6.61 Å². The summed E-state index contributed by atoms with van der Waals surface area (Å²) in [7, 11) is 0. The zero-order valence-corrected chi connectivity index (χ0v) is 17.1. The van der Waals surface area contributed by atoms with Crippen molar-refractivity contribution in [2.75, 3.05) is 13.2 Å². The maximum absolute atomic E-state index is 12.9. The van der Waals surface area contributed by atoms with Crippen LogP contribution in [-0.4, -0.2) is 30.0 Å². The molecule has 0 bridgehead atoms. The van der Waals surface area contributed by atoms with Gasteiger partial charge in [0, 0.05) is 18.7 Å². The van der Waals surface area contributed by atoms with Crippen LogP contribution in [0.4, 0.5) is 0 Å². The number of hydrogen-bond acceptors (Lipinski definition) is 4. The number of carbonyl (C=O) groups is 2. The Balaban J connectivity index is 1.42. The summed E-state index contributed by atoms with van der Waals surface area (Å²) in [6.45, 7) is 0.676. The predicted octanol–water partition coefficient (Wildman–Crippen LogP) is 4.23. The molecule has 0 saturated carbocycles. The molecule has 4 rings (SSSR count). The molecule has 0 radical (unpaired) electrons. The molecule has 1 aliphatic heterocycles. The van der Waals surface area contributed by atoms with E-state index in [1.165, 1.54) is 0 Å². The summed E-state index contributed by atoms with van der Waals surface area (Å²) in [4.78, 5) is 27.1. The lowest BCUT2D eigenvalue weighted by molar-refractivity contribution is -0.149. The summed E-state index contributed by atoms with van der Waals surface area (Å²) in [5, 5.41) is 0. The second kappa shape index (κ2) is 9.76. The molecule has 31 heavy (non-hydrogen) atoms. The predicted molar refractivity (Wildman–Crippen MR) is 118 cm³/mol. The summed E-state index contributed by atoms with van der Waals surface area (Å²) >= 11 is 0. The molecule has 1 amide bonds. The molecule has 1 heterocycles. The van der Waals surface area contributed by atoms with E-state index in [9.17, 15) is 9.59 Å². The van der Waals surface area contributed by atoms with Crippen molar-refractivity contribution in [1.82, 2.24) is 4.90 Å². The van der Waals surface area contributed by atoms with Gasteiger partial charge in [-0.2, -0.15) is 0 Å². The molecule has 3 aromatic carbocycles. The van der Waals surface area contributed by atoms with E-state index >= 15 is 0 Å². The number of amides is 1. The molecule has 0 saturated heterocycles. The number of benzene rings is 3. The molecule has 0 N–H and O–H groups in total. The highest BCUT2D eigenvalue weighted by molar-refractivity contribution is 5.96. The minimum absolute atomic E-state index is 0.127. The zero-order chi connectivity index (χ0) is 21.5. The molecule has 156 valence electrons. The number of hydrogen-bond donors (Lipinski definition) is 0. The first kappa shape index (κ1) is 20.4. The Morgan fingerprint density at radius 1 is 0.806 bits per heavy atom. The molecule has 0 atom stereocenters. The average molecular weight is 413 g/mol. The highest BCUT2D eigenvalue weighted by atomic mass is 16.5. The number of esters is 1. The lowest BCUT2D eigenvalue weighted by Gasteiger charge is -2.23. The van der Waals surface area contributed by atoms with E-state index in [1.807, 2.05) is 84.9 Å². The molecule has 0 fully saturated rings. The standard InChI is InChI=1S/C26H23NO4/c28-25(19-31-26(29)23-15-22-13-7-8-14-24(22)30-18-23)27(16-20-9-3-1-4-10-20)17-21-11-5-2-6-12-21/h1-15H,16-19H2. The number of nitrogens with zero attached hydrogens (tertiary/aromatic N) is 1. The van der Waals surface area contributed by atoms with Gasteiger partial charge >= 0.3 is 5.97 Å². The lowest BCUT2D eigenvalue weighted by Crippen LogP contribution is -2.34. The van der Waals surface area contributed by atoms with Gasteiger partial charge in [-0.3, -0.25) is 4.79 Å². The molecule has 1 aliphatic rings. The molecule has 0 spiro atoms. The number of fused-ring (bicyclic) bond motifs is 1. The number of para-hydroxylation sites is 1. The molecule has 0 aliphatic carbocycles. The molecule has 5 heteroatoms. The molecule has 0 aromatic heterocycles. The fourth-order valence-corrected chi connectivity index (χ4v) is 3.39. The van der Waals surface area contributed by atoms with Crippen LogP contribution >= 0.6 is 0 Å².